The van der Waals surface area contributed by atoms with E-state index in [2.05, 4.69) is 19.9 Å². The Kier molecular flexibility index (Phi) is 3.76. The van der Waals surface area contributed by atoms with Crippen molar-refractivity contribution in [2.45, 2.75) is 19.8 Å². The van der Waals surface area contributed by atoms with Gasteiger partial charge >= 0.3 is 0 Å². The molecule has 0 fully saturated rings. The van der Waals surface area contributed by atoms with Crippen LogP contribution in [0.5, 0.6) is 0 Å². The van der Waals surface area contributed by atoms with Crippen LogP contribution in [0, 0.1) is 5.92 Å². The van der Waals surface area contributed by atoms with E-state index < -0.39 is 0 Å². The highest BCUT2D eigenvalue weighted by molar-refractivity contribution is 6.30. The molecule has 72 valence electrons. The lowest BCUT2D eigenvalue weighted by molar-refractivity contribution is 0.499. The first kappa shape index (κ1) is 10.6. The van der Waals surface area contributed by atoms with E-state index in [0.29, 0.717) is 18.4 Å². The van der Waals surface area contributed by atoms with Crippen LogP contribution in [0.15, 0.2) is 24.3 Å². The summed E-state index contributed by atoms with van der Waals surface area (Å²) in [4.78, 5) is 0. The molecule has 0 spiro atoms. The summed E-state index contributed by atoms with van der Waals surface area (Å²) >= 11 is 5.91. The molecule has 0 aliphatic rings. The number of nitrogens with two attached hydrogens (primary N) is 1. The Morgan fingerprint density at radius 3 is 2.62 bits per heavy atom. The van der Waals surface area contributed by atoms with E-state index >= 15 is 0 Å². The van der Waals surface area contributed by atoms with Crippen molar-refractivity contribution in [3.8, 4) is 0 Å². The summed E-state index contributed by atoms with van der Waals surface area (Å²) in [6, 6.07) is 7.99. The maximum atomic E-state index is 5.91. The summed E-state index contributed by atoms with van der Waals surface area (Å²) in [6.07, 6.45) is 0. The van der Waals surface area contributed by atoms with Gasteiger partial charge in [-0.3, -0.25) is 0 Å². The minimum Gasteiger partial charge on any atom is -0.330 e. The summed E-state index contributed by atoms with van der Waals surface area (Å²) in [5.74, 6) is 0.974. The van der Waals surface area contributed by atoms with Crippen LogP contribution in [-0.2, 0) is 0 Å². The van der Waals surface area contributed by atoms with Gasteiger partial charge in [-0.15, -0.1) is 0 Å². The second kappa shape index (κ2) is 4.64. The zero-order valence-corrected chi connectivity index (χ0v) is 8.88. The molecule has 2 atom stereocenters. The lowest BCUT2D eigenvalue weighted by Crippen LogP contribution is -2.16. The summed E-state index contributed by atoms with van der Waals surface area (Å²) < 4.78 is 0. The molecular formula is C11H16ClN. The highest BCUT2D eigenvalue weighted by Crippen LogP contribution is 2.25. The Morgan fingerprint density at radius 2 is 2.08 bits per heavy atom. The van der Waals surface area contributed by atoms with Crippen molar-refractivity contribution >= 4 is 11.6 Å². The first-order valence-corrected chi connectivity index (χ1v) is 4.98. The molecule has 0 saturated carbocycles. The third-order valence-corrected chi connectivity index (χ3v) is 2.83. The first-order valence-electron chi connectivity index (χ1n) is 4.60. The number of hydrogen-bond acceptors (Lipinski definition) is 1. The van der Waals surface area contributed by atoms with Gasteiger partial charge in [-0.05, 0) is 36.1 Å². The zero-order chi connectivity index (χ0) is 9.84. The maximum Gasteiger partial charge on any atom is 0.0408 e. The van der Waals surface area contributed by atoms with Crippen molar-refractivity contribution in [3.63, 3.8) is 0 Å². The molecule has 0 heterocycles. The van der Waals surface area contributed by atoms with E-state index in [4.69, 9.17) is 17.3 Å². The molecule has 13 heavy (non-hydrogen) atoms. The van der Waals surface area contributed by atoms with Crippen LogP contribution in [0.4, 0.5) is 0 Å². The lowest BCUT2D eigenvalue weighted by atomic mass is 9.89. The lowest BCUT2D eigenvalue weighted by Gasteiger charge is -2.18. The highest BCUT2D eigenvalue weighted by atomic mass is 35.5. The van der Waals surface area contributed by atoms with Gasteiger partial charge in [-0.2, -0.15) is 0 Å². The second-order valence-electron chi connectivity index (χ2n) is 3.56. The SMILES string of the molecule is CC(CN)C(C)c1cccc(Cl)c1. The number of halogens is 1. The van der Waals surface area contributed by atoms with Gasteiger partial charge in [0, 0.05) is 5.02 Å². The topological polar surface area (TPSA) is 26.0 Å². The van der Waals surface area contributed by atoms with Crippen LogP contribution >= 0.6 is 11.6 Å². The smallest absolute Gasteiger partial charge is 0.0408 e. The Morgan fingerprint density at radius 1 is 1.38 bits per heavy atom. The van der Waals surface area contributed by atoms with Gasteiger partial charge in [0.05, 0.1) is 0 Å². The van der Waals surface area contributed by atoms with Gasteiger partial charge in [0.25, 0.3) is 0 Å². The van der Waals surface area contributed by atoms with Crippen LogP contribution in [0.1, 0.15) is 25.3 Å². The van der Waals surface area contributed by atoms with E-state index in [-0.39, 0.29) is 0 Å². The van der Waals surface area contributed by atoms with Crippen molar-refractivity contribution in [3.05, 3.63) is 34.9 Å². The zero-order valence-electron chi connectivity index (χ0n) is 8.13. The molecule has 0 aliphatic carbocycles. The van der Waals surface area contributed by atoms with Crippen molar-refractivity contribution in [1.29, 1.82) is 0 Å². The van der Waals surface area contributed by atoms with E-state index in [1.807, 2.05) is 18.2 Å². The molecule has 2 N–H and O–H groups in total. The molecular weight excluding hydrogens is 182 g/mol. The van der Waals surface area contributed by atoms with Crippen molar-refractivity contribution < 1.29 is 0 Å². The van der Waals surface area contributed by atoms with Crippen molar-refractivity contribution in [2.75, 3.05) is 6.54 Å². The molecule has 1 rings (SSSR count). The number of rotatable bonds is 3. The standard InChI is InChI=1S/C11H16ClN/c1-8(7-13)9(2)10-4-3-5-11(12)6-10/h3-6,8-9H,7,13H2,1-2H3. The minimum absolute atomic E-state index is 0.476. The molecule has 0 aromatic heterocycles. The number of benzene rings is 1. The fourth-order valence-electron chi connectivity index (χ4n) is 1.32. The molecule has 0 saturated heterocycles. The second-order valence-corrected chi connectivity index (χ2v) is 3.99. The molecule has 0 radical (unpaired) electrons. The molecule has 0 aliphatic heterocycles. The van der Waals surface area contributed by atoms with Crippen LogP contribution < -0.4 is 5.73 Å². The summed E-state index contributed by atoms with van der Waals surface area (Å²) in [5, 5.41) is 0.800. The molecule has 2 unspecified atom stereocenters. The van der Waals surface area contributed by atoms with E-state index in [1.165, 1.54) is 5.56 Å². The quantitative estimate of drug-likeness (QED) is 0.792. The average molecular weight is 198 g/mol. The summed E-state index contributed by atoms with van der Waals surface area (Å²) in [7, 11) is 0. The Hall–Kier alpha value is -0.530. The van der Waals surface area contributed by atoms with Gasteiger partial charge in [0.1, 0.15) is 0 Å². The van der Waals surface area contributed by atoms with Gasteiger partial charge in [-0.1, -0.05) is 37.6 Å². The third kappa shape index (κ3) is 2.71. The first-order chi connectivity index (χ1) is 6.15. The number of hydrogen-bond donors (Lipinski definition) is 1. The average Bonchev–Trinajstić information content (AvgIpc) is 2.15. The van der Waals surface area contributed by atoms with Crippen molar-refractivity contribution in [1.82, 2.24) is 0 Å². The van der Waals surface area contributed by atoms with Gasteiger partial charge in [0.15, 0.2) is 0 Å². The minimum atomic E-state index is 0.476. The van der Waals surface area contributed by atoms with Crippen LogP contribution in [0.3, 0.4) is 0 Å². The highest BCUT2D eigenvalue weighted by Gasteiger charge is 2.12. The fourth-order valence-corrected chi connectivity index (χ4v) is 1.52. The Bertz CT molecular complexity index is 273. The predicted molar refractivity (Wildman–Crippen MR) is 58.1 cm³/mol. The Labute approximate surface area is 84.9 Å². The molecule has 2 heteroatoms. The van der Waals surface area contributed by atoms with Gasteiger partial charge < -0.3 is 5.73 Å². The monoisotopic (exact) mass is 197 g/mol. The Balaban J connectivity index is 2.82. The predicted octanol–water partition coefficient (Wildman–Crippen LogP) is 3.04. The molecule has 0 amide bonds. The van der Waals surface area contributed by atoms with E-state index in [9.17, 15) is 0 Å². The normalized spacial score (nSPS) is 15.4. The fraction of sp³-hybridized carbons (Fsp3) is 0.455. The van der Waals surface area contributed by atoms with Gasteiger partial charge in [0.2, 0.25) is 0 Å². The molecule has 1 nitrogen and oxygen atoms in total. The summed E-state index contributed by atoms with van der Waals surface area (Å²) in [6.45, 7) is 5.06. The van der Waals surface area contributed by atoms with E-state index in [1.54, 1.807) is 0 Å². The maximum absolute atomic E-state index is 5.91. The van der Waals surface area contributed by atoms with Crippen LogP contribution in [-0.4, -0.2) is 6.54 Å². The van der Waals surface area contributed by atoms with Crippen LogP contribution in [0.2, 0.25) is 5.02 Å². The molecule has 1 aromatic rings. The van der Waals surface area contributed by atoms with Gasteiger partial charge in [-0.25, -0.2) is 0 Å². The van der Waals surface area contributed by atoms with Crippen molar-refractivity contribution in [2.24, 2.45) is 11.7 Å². The summed E-state index contributed by atoms with van der Waals surface area (Å²) in [5.41, 5.74) is 6.88. The largest absolute Gasteiger partial charge is 0.330 e. The third-order valence-electron chi connectivity index (χ3n) is 2.60. The van der Waals surface area contributed by atoms with E-state index in [0.717, 1.165) is 5.02 Å². The molecule has 1 aromatic carbocycles. The molecule has 0 bridgehead atoms. The van der Waals surface area contributed by atoms with Crippen LogP contribution in [0.25, 0.3) is 0 Å².